The molecule has 0 unspecified atom stereocenters. The highest BCUT2D eigenvalue weighted by Gasteiger charge is 2.10. The summed E-state index contributed by atoms with van der Waals surface area (Å²) in [4.78, 5) is 15.6. The highest BCUT2D eigenvalue weighted by molar-refractivity contribution is 5.85. The summed E-state index contributed by atoms with van der Waals surface area (Å²) in [5.74, 6) is 0. The molecule has 1 heterocycles. The lowest BCUT2D eigenvalue weighted by atomic mass is 10.1. The molecular formula is C12H18BN3O2. The number of H-pyrrole nitrogens is 1. The zero-order valence-electron chi connectivity index (χ0n) is 9.93. The van der Waals surface area contributed by atoms with Crippen molar-refractivity contribution in [3.8, 4) is 0 Å². The lowest BCUT2D eigenvalue weighted by Gasteiger charge is -2.07. The number of aromatic nitrogens is 1. The largest absolute Gasteiger partial charge is 0.361 e. The molecule has 1 N–H and O–H groups in total. The standard InChI is InChI=1S/C12H15N3O2.BH3/c1-14(2)6-5-9-8-13-12-4-3-10(15(16)17)7-11(9)12;/h3-4,7-8,13H,5-6H2,1-2H3;1H3. The van der Waals surface area contributed by atoms with Gasteiger partial charge in [-0.25, -0.2) is 0 Å². The molecule has 0 fully saturated rings. The second-order valence-corrected chi connectivity index (χ2v) is 4.35. The van der Waals surface area contributed by atoms with Gasteiger partial charge in [0.25, 0.3) is 5.69 Å². The molecule has 2 rings (SSSR count). The van der Waals surface area contributed by atoms with Crippen molar-refractivity contribution in [2.75, 3.05) is 20.6 Å². The molecule has 0 amide bonds. The molecule has 0 aliphatic carbocycles. The number of hydrogen-bond donors (Lipinski definition) is 1. The van der Waals surface area contributed by atoms with E-state index in [1.807, 2.05) is 20.3 Å². The van der Waals surface area contributed by atoms with E-state index in [-0.39, 0.29) is 19.0 Å². The van der Waals surface area contributed by atoms with Gasteiger partial charge < -0.3 is 9.88 Å². The van der Waals surface area contributed by atoms with Crippen molar-refractivity contribution in [3.63, 3.8) is 0 Å². The highest BCUT2D eigenvalue weighted by atomic mass is 16.6. The van der Waals surface area contributed by atoms with E-state index in [1.165, 1.54) is 6.07 Å². The number of benzene rings is 1. The van der Waals surface area contributed by atoms with Gasteiger partial charge in [0, 0.05) is 35.8 Å². The normalized spacial score (nSPS) is 10.6. The predicted molar refractivity (Wildman–Crippen MR) is 77.2 cm³/mol. The Morgan fingerprint density at radius 3 is 2.72 bits per heavy atom. The lowest BCUT2D eigenvalue weighted by molar-refractivity contribution is -0.384. The van der Waals surface area contributed by atoms with E-state index in [1.54, 1.807) is 12.1 Å². The van der Waals surface area contributed by atoms with E-state index in [0.29, 0.717) is 0 Å². The van der Waals surface area contributed by atoms with E-state index < -0.39 is 0 Å². The number of non-ortho nitro benzene ring substituents is 1. The molecule has 0 spiro atoms. The van der Waals surface area contributed by atoms with Crippen LogP contribution in [0.5, 0.6) is 0 Å². The van der Waals surface area contributed by atoms with Crippen LogP contribution >= 0.6 is 0 Å². The minimum absolute atomic E-state index is 0. The quantitative estimate of drug-likeness (QED) is 0.498. The summed E-state index contributed by atoms with van der Waals surface area (Å²) >= 11 is 0. The average Bonchev–Trinajstić information content (AvgIpc) is 2.68. The molecule has 0 saturated carbocycles. The van der Waals surface area contributed by atoms with Gasteiger partial charge in [-0.3, -0.25) is 10.1 Å². The first-order valence-electron chi connectivity index (χ1n) is 5.47. The van der Waals surface area contributed by atoms with Gasteiger partial charge >= 0.3 is 0 Å². The maximum absolute atomic E-state index is 10.7. The molecule has 0 atom stereocenters. The Kier molecular flexibility index (Phi) is 4.50. The summed E-state index contributed by atoms with van der Waals surface area (Å²) in [6.45, 7) is 0.926. The van der Waals surface area contributed by atoms with Crippen LogP contribution in [0, 0.1) is 10.1 Å². The van der Waals surface area contributed by atoms with Crippen LogP contribution in [0.25, 0.3) is 10.9 Å². The molecule has 6 heteroatoms. The third-order valence-electron chi connectivity index (χ3n) is 2.79. The molecule has 18 heavy (non-hydrogen) atoms. The summed E-state index contributed by atoms with van der Waals surface area (Å²) in [5.41, 5.74) is 2.21. The number of hydrogen-bond acceptors (Lipinski definition) is 3. The molecule has 1 aromatic heterocycles. The van der Waals surface area contributed by atoms with Crippen molar-refractivity contribution >= 4 is 25.0 Å². The molecule has 0 aliphatic rings. The maximum Gasteiger partial charge on any atom is 0.270 e. The van der Waals surface area contributed by atoms with Crippen molar-refractivity contribution in [1.29, 1.82) is 0 Å². The molecule has 1 aromatic carbocycles. The van der Waals surface area contributed by atoms with Crippen molar-refractivity contribution in [2.45, 2.75) is 6.42 Å². The van der Waals surface area contributed by atoms with Crippen LogP contribution in [0.15, 0.2) is 24.4 Å². The summed E-state index contributed by atoms with van der Waals surface area (Å²) in [5, 5.41) is 11.7. The van der Waals surface area contributed by atoms with Gasteiger partial charge in [0.15, 0.2) is 0 Å². The van der Waals surface area contributed by atoms with E-state index in [2.05, 4.69) is 9.88 Å². The van der Waals surface area contributed by atoms with Crippen LogP contribution < -0.4 is 0 Å². The fourth-order valence-electron chi connectivity index (χ4n) is 1.83. The molecule has 2 aromatic rings. The number of nitrogens with zero attached hydrogens (tertiary/aromatic N) is 2. The fraction of sp³-hybridized carbons (Fsp3) is 0.333. The van der Waals surface area contributed by atoms with Crippen LogP contribution in [0.3, 0.4) is 0 Å². The fourth-order valence-corrected chi connectivity index (χ4v) is 1.83. The van der Waals surface area contributed by atoms with Gasteiger partial charge in [-0.1, -0.05) is 0 Å². The number of likely N-dealkylation sites (N-methyl/N-ethyl adjacent to an activating group) is 1. The summed E-state index contributed by atoms with van der Waals surface area (Å²) in [7, 11) is 4.02. The zero-order valence-corrected chi connectivity index (χ0v) is 9.93. The first-order chi connectivity index (χ1) is 8.08. The van der Waals surface area contributed by atoms with Gasteiger partial charge in [0.2, 0.25) is 0 Å². The molecule has 0 bridgehead atoms. The first kappa shape index (κ1) is 14.2. The third-order valence-corrected chi connectivity index (χ3v) is 2.79. The number of aromatic amines is 1. The molecule has 0 saturated heterocycles. The minimum atomic E-state index is -0.359. The molecular weight excluding hydrogens is 229 g/mol. The van der Waals surface area contributed by atoms with Crippen LogP contribution in [0.1, 0.15) is 5.56 Å². The molecule has 5 nitrogen and oxygen atoms in total. The van der Waals surface area contributed by atoms with Crippen molar-refractivity contribution < 1.29 is 4.92 Å². The summed E-state index contributed by atoms with van der Waals surface area (Å²) in [6, 6.07) is 4.91. The zero-order chi connectivity index (χ0) is 12.4. The van der Waals surface area contributed by atoms with Crippen LogP contribution in [0.2, 0.25) is 0 Å². The van der Waals surface area contributed by atoms with Gasteiger partial charge in [0.1, 0.15) is 0 Å². The van der Waals surface area contributed by atoms with E-state index in [9.17, 15) is 10.1 Å². The topological polar surface area (TPSA) is 62.2 Å². The number of nitrogens with one attached hydrogen (secondary N) is 1. The SMILES string of the molecule is B.CN(C)CCc1c[nH]c2ccc([N+](=O)[O-])cc12. The number of rotatable bonds is 4. The van der Waals surface area contributed by atoms with Gasteiger partial charge in [-0.2, -0.15) is 0 Å². The first-order valence-corrected chi connectivity index (χ1v) is 5.47. The monoisotopic (exact) mass is 247 g/mol. The maximum atomic E-state index is 10.7. The Morgan fingerprint density at radius 2 is 2.11 bits per heavy atom. The second kappa shape index (κ2) is 5.68. The summed E-state index contributed by atoms with van der Waals surface area (Å²) < 4.78 is 0. The number of fused-ring (bicyclic) bond motifs is 1. The van der Waals surface area contributed by atoms with E-state index >= 15 is 0 Å². The number of nitro groups is 1. The Bertz CT molecular complexity index is 551. The van der Waals surface area contributed by atoms with Gasteiger partial charge in [-0.15, -0.1) is 0 Å². The second-order valence-electron chi connectivity index (χ2n) is 4.35. The summed E-state index contributed by atoms with van der Waals surface area (Å²) in [6.07, 6.45) is 2.81. The van der Waals surface area contributed by atoms with Crippen LogP contribution in [-0.4, -0.2) is 43.9 Å². The molecule has 0 aliphatic heterocycles. The van der Waals surface area contributed by atoms with Gasteiger partial charge in [-0.05, 0) is 32.1 Å². The predicted octanol–water partition coefficient (Wildman–Crippen LogP) is 0.996. The number of nitro benzene ring substituents is 1. The third kappa shape index (κ3) is 2.90. The van der Waals surface area contributed by atoms with Crippen LogP contribution in [0.4, 0.5) is 5.69 Å². The van der Waals surface area contributed by atoms with Crippen molar-refractivity contribution in [3.05, 3.63) is 40.1 Å². The molecule has 96 valence electrons. The van der Waals surface area contributed by atoms with Crippen molar-refractivity contribution in [2.24, 2.45) is 0 Å². The Morgan fingerprint density at radius 1 is 1.39 bits per heavy atom. The highest BCUT2D eigenvalue weighted by Crippen LogP contribution is 2.23. The minimum Gasteiger partial charge on any atom is -0.361 e. The van der Waals surface area contributed by atoms with E-state index in [4.69, 9.17) is 0 Å². The van der Waals surface area contributed by atoms with E-state index in [0.717, 1.165) is 29.4 Å². The van der Waals surface area contributed by atoms with Gasteiger partial charge in [0.05, 0.1) is 13.3 Å². The Labute approximate surface area is 108 Å². The Hall–Kier alpha value is -1.82. The molecule has 0 radical (unpaired) electrons. The van der Waals surface area contributed by atoms with Crippen molar-refractivity contribution in [1.82, 2.24) is 9.88 Å². The average molecular weight is 247 g/mol. The lowest BCUT2D eigenvalue weighted by Crippen LogP contribution is -2.14. The Balaban J connectivity index is 0.00000162. The van der Waals surface area contributed by atoms with Crippen LogP contribution in [-0.2, 0) is 6.42 Å². The smallest absolute Gasteiger partial charge is 0.270 e.